The van der Waals surface area contributed by atoms with Crippen LogP contribution in [0.5, 0.6) is 0 Å². The van der Waals surface area contributed by atoms with Gasteiger partial charge in [0.1, 0.15) is 12.4 Å². The number of benzene rings is 1. The van der Waals surface area contributed by atoms with Crippen LogP contribution in [0.1, 0.15) is 30.5 Å². The fraction of sp³-hybridized carbons (Fsp3) is 0.300. The number of guanidine groups is 1. The molecule has 1 atom stereocenters. The van der Waals surface area contributed by atoms with E-state index < -0.39 is 0 Å². The number of H-pyrrole nitrogens is 1. The largest absolute Gasteiger partial charge is 0.357 e. The molecular formula is C20H26IN5S. The van der Waals surface area contributed by atoms with Crippen LogP contribution in [0.2, 0.25) is 0 Å². The van der Waals surface area contributed by atoms with Crippen LogP contribution in [0.25, 0.3) is 11.3 Å². The van der Waals surface area contributed by atoms with Crippen LogP contribution >= 0.6 is 35.3 Å². The SMILES string of the molecule is CCNC(=NCc1ncc(-c2ccccc2)[nH]1)NCC(C)c1cccs1.I. The number of aromatic amines is 1. The van der Waals surface area contributed by atoms with Gasteiger partial charge in [-0.05, 0) is 23.9 Å². The Kier molecular flexibility index (Phi) is 8.80. The van der Waals surface area contributed by atoms with Gasteiger partial charge in [-0.1, -0.05) is 43.3 Å². The molecule has 3 N–H and O–H groups in total. The summed E-state index contributed by atoms with van der Waals surface area (Å²) in [5, 5.41) is 8.83. The maximum absolute atomic E-state index is 4.65. The van der Waals surface area contributed by atoms with Crippen molar-refractivity contribution in [1.29, 1.82) is 0 Å². The predicted molar refractivity (Wildman–Crippen MR) is 125 cm³/mol. The van der Waals surface area contributed by atoms with Gasteiger partial charge in [0.05, 0.1) is 11.9 Å². The number of nitrogens with one attached hydrogen (secondary N) is 3. The average Bonchev–Trinajstić information content (AvgIpc) is 3.36. The standard InChI is InChI=1S/C20H25N5S.HI/c1-3-21-20(23-12-15(2)18-10-7-11-26-18)24-14-19-22-13-17(25-19)16-8-5-4-6-9-16;/h4-11,13,15H,3,12,14H2,1-2H3,(H,22,25)(H2,21,23,24);1H. The molecule has 0 amide bonds. The molecular weight excluding hydrogens is 469 g/mol. The smallest absolute Gasteiger partial charge is 0.191 e. The molecule has 0 radical (unpaired) electrons. The van der Waals surface area contributed by atoms with Crippen LogP contribution in [-0.2, 0) is 6.54 Å². The number of hydrogen-bond acceptors (Lipinski definition) is 3. The number of imidazole rings is 1. The minimum absolute atomic E-state index is 0. The molecule has 0 aliphatic carbocycles. The van der Waals surface area contributed by atoms with Crippen molar-refractivity contribution in [2.75, 3.05) is 13.1 Å². The Labute approximate surface area is 181 Å². The summed E-state index contributed by atoms with van der Waals surface area (Å²) < 4.78 is 0. The van der Waals surface area contributed by atoms with Crippen molar-refractivity contribution < 1.29 is 0 Å². The third-order valence-corrected chi connectivity index (χ3v) is 5.15. The molecule has 2 aromatic heterocycles. The number of nitrogens with zero attached hydrogens (tertiary/aromatic N) is 2. The summed E-state index contributed by atoms with van der Waals surface area (Å²) in [7, 11) is 0. The molecule has 0 aliphatic rings. The van der Waals surface area contributed by atoms with Crippen LogP contribution in [0.4, 0.5) is 0 Å². The van der Waals surface area contributed by atoms with E-state index in [9.17, 15) is 0 Å². The number of hydrogen-bond donors (Lipinski definition) is 3. The summed E-state index contributed by atoms with van der Waals surface area (Å²) in [5.41, 5.74) is 2.14. The Morgan fingerprint density at radius 2 is 2.00 bits per heavy atom. The van der Waals surface area contributed by atoms with Crippen molar-refractivity contribution in [2.24, 2.45) is 4.99 Å². The molecule has 0 fully saturated rings. The van der Waals surface area contributed by atoms with Gasteiger partial charge < -0.3 is 15.6 Å². The lowest BCUT2D eigenvalue weighted by atomic mass is 10.1. The third kappa shape index (κ3) is 6.35. The number of aromatic nitrogens is 2. The highest BCUT2D eigenvalue weighted by atomic mass is 127. The zero-order chi connectivity index (χ0) is 18.2. The topological polar surface area (TPSA) is 65.1 Å². The quantitative estimate of drug-likeness (QED) is 0.255. The molecule has 1 aromatic carbocycles. The lowest BCUT2D eigenvalue weighted by Crippen LogP contribution is -2.39. The summed E-state index contributed by atoms with van der Waals surface area (Å²) in [6.45, 7) is 6.48. The summed E-state index contributed by atoms with van der Waals surface area (Å²) in [6.07, 6.45) is 1.86. The van der Waals surface area contributed by atoms with E-state index in [0.717, 1.165) is 36.1 Å². The van der Waals surface area contributed by atoms with E-state index in [2.05, 4.69) is 69.1 Å². The maximum atomic E-state index is 4.65. The number of thiophene rings is 1. The number of aliphatic imine (C=N–C) groups is 1. The Bertz CT molecular complexity index is 814. The zero-order valence-electron chi connectivity index (χ0n) is 15.6. The highest BCUT2D eigenvalue weighted by Crippen LogP contribution is 2.19. The summed E-state index contributed by atoms with van der Waals surface area (Å²) in [5.74, 6) is 2.12. The molecule has 0 spiro atoms. The minimum atomic E-state index is 0. The summed E-state index contributed by atoms with van der Waals surface area (Å²) in [6, 6.07) is 14.5. The minimum Gasteiger partial charge on any atom is -0.357 e. The van der Waals surface area contributed by atoms with Crippen molar-refractivity contribution in [3.05, 3.63) is 64.7 Å². The van der Waals surface area contributed by atoms with E-state index in [1.807, 2.05) is 24.4 Å². The molecule has 27 heavy (non-hydrogen) atoms. The molecule has 0 bridgehead atoms. The Morgan fingerprint density at radius 1 is 1.19 bits per heavy atom. The van der Waals surface area contributed by atoms with Gasteiger partial charge in [0.15, 0.2) is 5.96 Å². The lowest BCUT2D eigenvalue weighted by molar-refractivity contribution is 0.708. The van der Waals surface area contributed by atoms with Crippen LogP contribution < -0.4 is 10.6 Å². The maximum Gasteiger partial charge on any atom is 0.191 e. The number of halogens is 1. The van der Waals surface area contributed by atoms with Crippen molar-refractivity contribution >= 4 is 41.3 Å². The molecule has 7 heteroatoms. The zero-order valence-corrected chi connectivity index (χ0v) is 18.8. The predicted octanol–water partition coefficient (Wildman–Crippen LogP) is 4.62. The molecule has 2 heterocycles. The molecule has 0 aliphatic heterocycles. The molecule has 1 unspecified atom stereocenters. The molecule has 3 aromatic rings. The second kappa shape index (κ2) is 11.1. The molecule has 5 nitrogen and oxygen atoms in total. The van der Waals surface area contributed by atoms with Gasteiger partial charge >= 0.3 is 0 Å². The first kappa shape index (κ1) is 21.4. The number of rotatable bonds is 7. The molecule has 144 valence electrons. The Morgan fingerprint density at radius 3 is 2.70 bits per heavy atom. The van der Waals surface area contributed by atoms with E-state index in [1.165, 1.54) is 4.88 Å². The van der Waals surface area contributed by atoms with E-state index in [4.69, 9.17) is 0 Å². The molecule has 0 saturated carbocycles. The van der Waals surface area contributed by atoms with Crippen LogP contribution in [-0.4, -0.2) is 29.0 Å². The second-order valence-corrected chi connectivity index (χ2v) is 7.08. The second-order valence-electron chi connectivity index (χ2n) is 6.10. The first-order valence-corrected chi connectivity index (χ1v) is 9.79. The van der Waals surface area contributed by atoms with E-state index >= 15 is 0 Å². The highest BCUT2D eigenvalue weighted by molar-refractivity contribution is 14.0. The van der Waals surface area contributed by atoms with Crippen molar-refractivity contribution in [3.8, 4) is 11.3 Å². The van der Waals surface area contributed by atoms with Gasteiger partial charge in [-0.25, -0.2) is 9.98 Å². The summed E-state index contributed by atoms with van der Waals surface area (Å²) in [4.78, 5) is 13.8. The van der Waals surface area contributed by atoms with Crippen molar-refractivity contribution in [3.63, 3.8) is 0 Å². The van der Waals surface area contributed by atoms with E-state index in [1.54, 1.807) is 11.3 Å². The Balaban J connectivity index is 0.00000261. The Hall–Kier alpha value is -1.87. The van der Waals surface area contributed by atoms with Gasteiger partial charge in [-0.15, -0.1) is 35.3 Å². The summed E-state index contributed by atoms with van der Waals surface area (Å²) >= 11 is 1.79. The molecule has 3 rings (SSSR count). The van der Waals surface area contributed by atoms with Crippen LogP contribution in [0, 0.1) is 0 Å². The first-order valence-electron chi connectivity index (χ1n) is 8.91. The highest BCUT2D eigenvalue weighted by Gasteiger charge is 2.08. The molecule has 0 saturated heterocycles. The van der Waals surface area contributed by atoms with Gasteiger partial charge in [0.2, 0.25) is 0 Å². The fourth-order valence-corrected chi connectivity index (χ4v) is 3.41. The van der Waals surface area contributed by atoms with Gasteiger partial charge in [0.25, 0.3) is 0 Å². The monoisotopic (exact) mass is 495 g/mol. The van der Waals surface area contributed by atoms with E-state index in [0.29, 0.717) is 12.5 Å². The van der Waals surface area contributed by atoms with E-state index in [-0.39, 0.29) is 24.0 Å². The van der Waals surface area contributed by atoms with Crippen LogP contribution in [0.3, 0.4) is 0 Å². The fourth-order valence-electron chi connectivity index (χ4n) is 2.62. The normalized spacial score (nSPS) is 12.3. The third-order valence-electron chi connectivity index (χ3n) is 4.05. The average molecular weight is 495 g/mol. The first-order chi connectivity index (χ1) is 12.8. The van der Waals surface area contributed by atoms with Crippen molar-refractivity contribution in [1.82, 2.24) is 20.6 Å². The van der Waals surface area contributed by atoms with Crippen LogP contribution in [0.15, 0.2) is 59.0 Å². The lowest BCUT2D eigenvalue weighted by Gasteiger charge is -2.14. The van der Waals surface area contributed by atoms with Gasteiger partial charge in [-0.3, -0.25) is 0 Å². The van der Waals surface area contributed by atoms with Crippen molar-refractivity contribution in [2.45, 2.75) is 26.3 Å². The van der Waals surface area contributed by atoms with Gasteiger partial charge in [0, 0.05) is 23.9 Å². The van der Waals surface area contributed by atoms with Gasteiger partial charge in [-0.2, -0.15) is 0 Å².